The second kappa shape index (κ2) is 5.95. The van der Waals surface area contributed by atoms with Crippen molar-refractivity contribution in [3.05, 3.63) is 47.3 Å². The Morgan fingerprint density at radius 3 is 2.84 bits per heavy atom. The van der Waals surface area contributed by atoms with E-state index in [0.717, 1.165) is 49.0 Å². The van der Waals surface area contributed by atoms with Crippen LogP contribution in [0.1, 0.15) is 49.2 Å². The summed E-state index contributed by atoms with van der Waals surface area (Å²) < 4.78 is 2.09. The molecule has 7 heteroatoms. The van der Waals surface area contributed by atoms with E-state index >= 15 is 0 Å². The lowest BCUT2D eigenvalue weighted by Gasteiger charge is -2.33. The highest BCUT2D eigenvalue weighted by Crippen LogP contribution is 2.39. The Bertz CT molecular complexity index is 919. The van der Waals surface area contributed by atoms with Crippen LogP contribution in [-0.2, 0) is 0 Å². The number of aromatic nitrogens is 5. The number of fused-ring (bicyclic) bond motifs is 1. The van der Waals surface area contributed by atoms with Gasteiger partial charge in [0.15, 0.2) is 5.65 Å². The molecule has 0 amide bonds. The normalized spacial score (nSPS) is 21.0. The van der Waals surface area contributed by atoms with Crippen LogP contribution in [-0.4, -0.2) is 37.7 Å². The van der Waals surface area contributed by atoms with Crippen LogP contribution in [0.3, 0.4) is 0 Å². The van der Waals surface area contributed by atoms with Crippen LogP contribution >= 0.6 is 11.6 Å². The topological polar surface area (TPSA) is 59.2 Å². The molecule has 6 nitrogen and oxygen atoms in total. The van der Waals surface area contributed by atoms with E-state index < -0.39 is 0 Å². The number of rotatable bonds is 3. The Labute approximate surface area is 150 Å². The lowest BCUT2D eigenvalue weighted by molar-refractivity contribution is 0.485. The zero-order valence-corrected chi connectivity index (χ0v) is 14.6. The fourth-order valence-electron chi connectivity index (χ4n) is 3.64. The number of hydrogen-bond donors (Lipinski definition) is 0. The van der Waals surface area contributed by atoms with Crippen molar-refractivity contribution in [2.45, 2.75) is 37.5 Å². The summed E-state index contributed by atoms with van der Waals surface area (Å²) in [5.74, 6) is 3.71. The Kier molecular flexibility index (Phi) is 3.59. The summed E-state index contributed by atoms with van der Waals surface area (Å²) in [7, 11) is 0. The van der Waals surface area contributed by atoms with Crippen molar-refractivity contribution in [2.75, 3.05) is 18.0 Å². The minimum atomic E-state index is 0.337. The van der Waals surface area contributed by atoms with Crippen molar-refractivity contribution < 1.29 is 0 Å². The van der Waals surface area contributed by atoms with Gasteiger partial charge in [0.05, 0.1) is 0 Å². The van der Waals surface area contributed by atoms with Gasteiger partial charge in [0.1, 0.15) is 22.6 Å². The molecule has 1 unspecified atom stereocenters. The van der Waals surface area contributed by atoms with E-state index in [1.165, 1.54) is 12.8 Å². The Hall–Kier alpha value is -2.21. The van der Waals surface area contributed by atoms with Crippen molar-refractivity contribution in [3.63, 3.8) is 0 Å². The van der Waals surface area contributed by atoms with E-state index in [9.17, 15) is 0 Å². The van der Waals surface area contributed by atoms with Gasteiger partial charge in [-0.2, -0.15) is 0 Å². The number of hydrogen-bond acceptors (Lipinski definition) is 5. The SMILES string of the molecule is Clc1cc(N2CCCC(c3nnc4ccccn34)C2)nc(C2CC2)n1. The molecular weight excluding hydrogens is 336 g/mol. The van der Waals surface area contributed by atoms with Gasteiger partial charge < -0.3 is 4.90 Å². The van der Waals surface area contributed by atoms with E-state index in [0.29, 0.717) is 17.0 Å². The zero-order valence-electron chi connectivity index (χ0n) is 13.8. The number of halogens is 1. The highest BCUT2D eigenvalue weighted by atomic mass is 35.5. The molecule has 0 N–H and O–H groups in total. The molecule has 4 heterocycles. The van der Waals surface area contributed by atoms with Crippen molar-refractivity contribution in [1.29, 1.82) is 0 Å². The van der Waals surface area contributed by atoms with Crippen molar-refractivity contribution in [2.24, 2.45) is 0 Å². The molecular formula is C18H19ClN6. The van der Waals surface area contributed by atoms with Crippen LogP contribution in [0, 0.1) is 0 Å². The lowest BCUT2D eigenvalue weighted by atomic mass is 9.97. The van der Waals surface area contributed by atoms with Crippen LogP contribution in [0.25, 0.3) is 5.65 Å². The Morgan fingerprint density at radius 2 is 1.96 bits per heavy atom. The van der Waals surface area contributed by atoms with Crippen LogP contribution in [0.4, 0.5) is 5.82 Å². The molecule has 2 fully saturated rings. The third kappa shape index (κ3) is 2.84. The molecule has 25 heavy (non-hydrogen) atoms. The van der Waals surface area contributed by atoms with Gasteiger partial charge in [-0.25, -0.2) is 9.97 Å². The summed E-state index contributed by atoms with van der Waals surface area (Å²) in [5.41, 5.74) is 0.899. The number of pyridine rings is 1. The summed E-state index contributed by atoms with van der Waals surface area (Å²) in [6, 6.07) is 7.89. The fraction of sp³-hybridized carbons (Fsp3) is 0.444. The quantitative estimate of drug-likeness (QED) is 0.674. The van der Waals surface area contributed by atoms with E-state index in [2.05, 4.69) is 24.5 Å². The summed E-state index contributed by atoms with van der Waals surface area (Å²) in [5, 5.41) is 9.29. The predicted octanol–water partition coefficient (Wildman–Crippen LogP) is 3.43. The minimum absolute atomic E-state index is 0.337. The summed E-state index contributed by atoms with van der Waals surface area (Å²) in [6.07, 6.45) is 6.60. The number of nitrogens with zero attached hydrogens (tertiary/aromatic N) is 6. The summed E-state index contributed by atoms with van der Waals surface area (Å²) in [6.45, 7) is 1.87. The van der Waals surface area contributed by atoms with E-state index in [1.54, 1.807) is 0 Å². The van der Waals surface area contributed by atoms with E-state index in [4.69, 9.17) is 16.6 Å². The first-order valence-electron chi connectivity index (χ1n) is 8.87. The first kappa shape index (κ1) is 15.1. The molecule has 5 rings (SSSR count). The largest absolute Gasteiger partial charge is 0.356 e. The number of anilines is 1. The minimum Gasteiger partial charge on any atom is -0.356 e. The molecule has 1 saturated carbocycles. The molecule has 3 aromatic rings. The molecule has 2 aliphatic rings. The van der Waals surface area contributed by atoms with Crippen LogP contribution in [0.15, 0.2) is 30.5 Å². The van der Waals surface area contributed by atoms with Crippen LogP contribution in [0.2, 0.25) is 5.15 Å². The summed E-state index contributed by atoms with van der Waals surface area (Å²) in [4.78, 5) is 11.5. The Balaban J connectivity index is 1.44. The van der Waals surface area contributed by atoms with Crippen LogP contribution in [0.5, 0.6) is 0 Å². The van der Waals surface area contributed by atoms with Gasteiger partial charge in [0.2, 0.25) is 0 Å². The standard InChI is InChI=1S/C18H19ClN6/c19-14-10-16(21-17(20-14)12-6-7-12)24-8-3-4-13(11-24)18-23-22-15-5-1-2-9-25(15)18/h1-2,5,9-10,12-13H,3-4,6-8,11H2. The van der Waals surface area contributed by atoms with E-state index in [1.807, 2.05) is 30.5 Å². The maximum atomic E-state index is 6.25. The number of piperidine rings is 1. The first-order valence-corrected chi connectivity index (χ1v) is 9.25. The highest BCUT2D eigenvalue weighted by Gasteiger charge is 2.30. The van der Waals surface area contributed by atoms with Crippen molar-refractivity contribution in [3.8, 4) is 0 Å². The smallest absolute Gasteiger partial charge is 0.160 e. The molecule has 1 atom stereocenters. The molecule has 1 aliphatic heterocycles. The second-order valence-corrected chi connectivity index (χ2v) is 7.34. The third-order valence-corrected chi connectivity index (χ3v) is 5.29. The molecule has 0 aromatic carbocycles. The van der Waals surface area contributed by atoms with Crippen molar-refractivity contribution in [1.82, 2.24) is 24.6 Å². The molecule has 0 bridgehead atoms. The van der Waals surface area contributed by atoms with Gasteiger partial charge in [-0.15, -0.1) is 10.2 Å². The monoisotopic (exact) mass is 354 g/mol. The predicted molar refractivity (Wildman–Crippen MR) is 96.2 cm³/mol. The average molecular weight is 355 g/mol. The lowest BCUT2D eigenvalue weighted by Crippen LogP contribution is -2.35. The van der Waals surface area contributed by atoms with Gasteiger partial charge in [-0.1, -0.05) is 17.7 Å². The van der Waals surface area contributed by atoms with Gasteiger partial charge in [0, 0.05) is 37.2 Å². The Morgan fingerprint density at radius 1 is 1.04 bits per heavy atom. The second-order valence-electron chi connectivity index (χ2n) is 6.95. The van der Waals surface area contributed by atoms with Crippen LogP contribution < -0.4 is 4.90 Å². The van der Waals surface area contributed by atoms with Gasteiger partial charge in [0.25, 0.3) is 0 Å². The van der Waals surface area contributed by atoms with Gasteiger partial charge in [-0.3, -0.25) is 4.40 Å². The maximum Gasteiger partial charge on any atom is 0.160 e. The molecule has 1 aliphatic carbocycles. The molecule has 128 valence electrons. The van der Waals surface area contributed by atoms with E-state index in [-0.39, 0.29) is 0 Å². The first-order chi connectivity index (χ1) is 12.3. The third-order valence-electron chi connectivity index (χ3n) is 5.09. The van der Waals surface area contributed by atoms with Crippen molar-refractivity contribution >= 4 is 23.1 Å². The van der Waals surface area contributed by atoms with Gasteiger partial charge >= 0.3 is 0 Å². The highest BCUT2D eigenvalue weighted by molar-refractivity contribution is 6.29. The molecule has 0 spiro atoms. The molecule has 0 radical (unpaired) electrons. The zero-order chi connectivity index (χ0) is 16.8. The molecule has 1 saturated heterocycles. The average Bonchev–Trinajstić information content (AvgIpc) is 3.41. The summed E-state index contributed by atoms with van der Waals surface area (Å²) >= 11 is 6.25. The molecule has 3 aromatic heterocycles. The maximum absolute atomic E-state index is 6.25. The fourth-order valence-corrected chi connectivity index (χ4v) is 3.83. The van der Waals surface area contributed by atoms with Gasteiger partial charge in [-0.05, 0) is 37.8 Å².